The van der Waals surface area contributed by atoms with E-state index in [1.54, 1.807) is 19.2 Å². The first-order chi connectivity index (χ1) is 10.5. The highest BCUT2D eigenvalue weighted by Gasteiger charge is 2.14. The van der Waals surface area contributed by atoms with E-state index in [0.29, 0.717) is 18.7 Å². The van der Waals surface area contributed by atoms with Crippen molar-refractivity contribution < 1.29 is 9.66 Å². The molecule has 0 aliphatic rings. The van der Waals surface area contributed by atoms with Gasteiger partial charge < -0.3 is 4.74 Å². The number of ether oxygens (including phenoxy) is 1. The van der Waals surface area contributed by atoms with Crippen molar-refractivity contribution in [2.45, 2.75) is 13.1 Å². The van der Waals surface area contributed by atoms with E-state index >= 15 is 0 Å². The van der Waals surface area contributed by atoms with Crippen LogP contribution in [-0.2, 0) is 13.1 Å². The van der Waals surface area contributed by atoms with Crippen molar-refractivity contribution in [1.29, 1.82) is 0 Å². The second-order valence-electron chi connectivity index (χ2n) is 5.03. The van der Waals surface area contributed by atoms with Gasteiger partial charge in [0, 0.05) is 24.7 Å². The Balaban J connectivity index is 2.09. The highest BCUT2D eigenvalue weighted by molar-refractivity contribution is 9.10. The molecule has 0 atom stereocenters. The molecule has 0 unspecified atom stereocenters. The van der Waals surface area contributed by atoms with Crippen LogP contribution in [0, 0.1) is 10.1 Å². The minimum Gasteiger partial charge on any atom is -0.496 e. The molecule has 0 spiro atoms. The molecule has 0 saturated carbocycles. The topological polar surface area (TPSA) is 55.6 Å². The van der Waals surface area contributed by atoms with Crippen molar-refractivity contribution in [2.75, 3.05) is 14.2 Å². The van der Waals surface area contributed by atoms with Crippen LogP contribution in [0.1, 0.15) is 11.1 Å². The second kappa shape index (κ2) is 7.38. The largest absolute Gasteiger partial charge is 0.496 e. The Morgan fingerprint density at radius 3 is 2.59 bits per heavy atom. The zero-order valence-corrected chi connectivity index (χ0v) is 14.0. The molecule has 0 saturated heterocycles. The van der Waals surface area contributed by atoms with Gasteiger partial charge in [0.2, 0.25) is 0 Å². The number of hydrogen-bond acceptors (Lipinski definition) is 4. The molecule has 0 fully saturated rings. The Labute approximate surface area is 137 Å². The van der Waals surface area contributed by atoms with E-state index in [4.69, 9.17) is 4.74 Å². The molecule has 5 nitrogen and oxygen atoms in total. The van der Waals surface area contributed by atoms with Gasteiger partial charge in [0.1, 0.15) is 5.75 Å². The normalized spacial score (nSPS) is 10.7. The molecule has 0 bridgehead atoms. The first-order valence-corrected chi connectivity index (χ1v) is 7.54. The smallest absolute Gasteiger partial charge is 0.273 e. The maximum Gasteiger partial charge on any atom is 0.273 e. The zero-order valence-electron chi connectivity index (χ0n) is 12.5. The number of nitro benzene ring substituents is 1. The molecule has 22 heavy (non-hydrogen) atoms. The number of benzene rings is 2. The molecule has 0 heterocycles. The highest BCUT2D eigenvalue weighted by atomic mass is 79.9. The molecule has 0 aromatic heterocycles. The lowest BCUT2D eigenvalue weighted by Gasteiger charge is -2.17. The van der Waals surface area contributed by atoms with E-state index in [2.05, 4.69) is 15.9 Å². The summed E-state index contributed by atoms with van der Waals surface area (Å²) < 4.78 is 6.10. The summed E-state index contributed by atoms with van der Waals surface area (Å²) in [5.41, 5.74) is 1.97. The number of methoxy groups -OCH3 is 1. The molecule has 0 N–H and O–H groups in total. The average Bonchev–Trinajstić information content (AvgIpc) is 2.47. The van der Waals surface area contributed by atoms with Crippen LogP contribution in [0.2, 0.25) is 0 Å². The Morgan fingerprint density at radius 1 is 1.23 bits per heavy atom. The van der Waals surface area contributed by atoms with Crippen LogP contribution < -0.4 is 4.74 Å². The van der Waals surface area contributed by atoms with Crippen molar-refractivity contribution >= 4 is 21.6 Å². The van der Waals surface area contributed by atoms with Crippen molar-refractivity contribution in [3.63, 3.8) is 0 Å². The second-order valence-corrected chi connectivity index (χ2v) is 5.88. The number of halogens is 1. The minimum absolute atomic E-state index is 0.158. The Bertz CT molecular complexity index is 676. The number of para-hydroxylation sites is 1. The lowest BCUT2D eigenvalue weighted by atomic mass is 10.1. The molecule has 2 rings (SSSR count). The SMILES string of the molecule is COc1ccc(CN(C)Cc2ccccc2[N+](=O)[O-])cc1Br. The fourth-order valence-corrected chi connectivity index (χ4v) is 2.88. The Morgan fingerprint density at radius 2 is 1.95 bits per heavy atom. The Hall–Kier alpha value is -1.92. The number of nitrogens with zero attached hydrogens (tertiary/aromatic N) is 2. The molecule has 116 valence electrons. The average molecular weight is 365 g/mol. The highest BCUT2D eigenvalue weighted by Crippen LogP contribution is 2.26. The zero-order chi connectivity index (χ0) is 16.1. The lowest BCUT2D eigenvalue weighted by molar-refractivity contribution is -0.385. The van der Waals surface area contributed by atoms with Crippen molar-refractivity contribution in [3.05, 3.63) is 68.2 Å². The lowest BCUT2D eigenvalue weighted by Crippen LogP contribution is -2.18. The fraction of sp³-hybridized carbons (Fsp3) is 0.250. The van der Waals surface area contributed by atoms with Gasteiger partial charge in [-0.1, -0.05) is 24.3 Å². The van der Waals surface area contributed by atoms with Crippen molar-refractivity contribution in [3.8, 4) is 5.75 Å². The van der Waals surface area contributed by atoms with Crippen LogP contribution in [0.5, 0.6) is 5.75 Å². The van der Waals surface area contributed by atoms with E-state index in [-0.39, 0.29) is 10.6 Å². The molecule has 0 radical (unpaired) electrons. The van der Waals surface area contributed by atoms with Crippen molar-refractivity contribution in [1.82, 2.24) is 4.90 Å². The summed E-state index contributed by atoms with van der Waals surface area (Å²) >= 11 is 3.46. The third-order valence-electron chi connectivity index (χ3n) is 3.30. The van der Waals surface area contributed by atoms with Crippen LogP contribution in [0.25, 0.3) is 0 Å². The summed E-state index contributed by atoms with van der Waals surface area (Å²) in [6.45, 7) is 1.20. The monoisotopic (exact) mass is 364 g/mol. The summed E-state index contributed by atoms with van der Waals surface area (Å²) in [7, 11) is 3.56. The van der Waals surface area contributed by atoms with Crippen LogP contribution in [-0.4, -0.2) is 24.0 Å². The molecule has 0 aliphatic carbocycles. The van der Waals surface area contributed by atoms with Gasteiger partial charge in [0.15, 0.2) is 0 Å². The van der Waals surface area contributed by atoms with Crippen LogP contribution in [0.15, 0.2) is 46.9 Å². The van der Waals surface area contributed by atoms with Gasteiger partial charge >= 0.3 is 0 Å². The molecule has 0 aliphatic heterocycles. The molecule has 0 amide bonds. The molecular formula is C16H17BrN2O3. The van der Waals surface area contributed by atoms with Crippen LogP contribution >= 0.6 is 15.9 Å². The molecule has 2 aromatic carbocycles. The van der Waals surface area contributed by atoms with Gasteiger partial charge in [0.05, 0.1) is 16.5 Å². The number of nitro groups is 1. The van der Waals surface area contributed by atoms with E-state index in [1.165, 1.54) is 6.07 Å². The van der Waals surface area contributed by atoms with Crippen LogP contribution in [0.3, 0.4) is 0 Å². The first-order valence-electron chi connectivity index (χ1n) is 6.74. The minimum atomic E-state index is -0.340. The van der Waals surface area contributed by atoms with Gasteiger partial charge in [-0.05, 0) is 40.7 Å². The fourth-order valence-electron chi connectivity index (χ4n) is 2.29. The summed E-state index contributed by atoms with van der Waals surface area (Å²) in [6, 6.07) is 12.7. The summed E-state index contributed by atoms with van der Waals surface area (Å²) in [4.78, 5) is 12.7. The third-order valence-corrected chi connectivity index (χ3v) is 3.92. The first kappa shape index (κ1) is 16.5. The van der Waals surface area contributed by atoms with Gasteiger partial charge in [0.25, 0.3) is 5.69 Å². The molecular weight excluding hydrogens is 348 g/mol. The predicted octanol–water partition coefficient (Wildman–Crippen LogP) is 4.00. The van der Waals surface area contributed by atoms with E-state index in [9.17, 15) is 10.1 Å². The Kier molecular flexibility index (Phi) is 5.51. The van der Waals surface area contributed by atoms with E-state index in [1.807, 2.05) is 36.2 Å². The van der Waals surface area contributed by atoms with Crippen LogP contribution in [0.4, 0.5) is 5.69 Å². The van der Waals surface area contributed by atoms with E-state index < -0.39 is 0 Å². The van der Waals surface area contributed by atoms with Gasteiger partial charge in [-0.25, -0.2) is 0 Å². The summed E-state index contributed by atoms with van der Waals surface area (Å²) in [6.07, 6.45) is 0. The standard InChI is InChI=1S/C16H17BrN2O3/c1-18(10-12-7-8-16(22-2)14(17)9-12)11-13-5-3-4-6-15(13)19(20)21/h3-9H,10-11H2,1-2H3. The van der Waals surface area contributed by atoms with Gasteiger partial charge in [-0.2, -0.15) is 0 Å². The molecule has 2 aromatic rings. The quantitative estimate of drug-likeness (QED) is 0.574. The van der Waals surface area contributed by atoms with Gasteiger partial charge in [-0.3, -0.25) is 15.0 Å². The van der Waals surface area contributed by atoms with Crippen molar-refractivity contribution in [2.24, 2.45) is 0 Å². The van der Waals surface area contributed by atoms with E-state index in [0.717, 1.165) is 15.8 Å². The number of rotatable bonds is 6. The third kappa shape index (κ3) is 4.05. The maximum atomic E-state index is 11.0. The predicted molar refractivity (Wildman–Crippen MR) is 89.0 cm³/mol. The summed E-state index contributed by atoms with van der Waals surface area (Å²) in [5.74, 6) is 0.783. The summed E-state index contributed by atoms with van der Waals surface area (Å²) in [5, 5.41) is 11.0. The molecule has 6 heteroatoms. The van der Waals surface area contributed by atoms with Gasteiger partial charge in [-0.15, -0.1) is 0 Å². The maximum absolute atomic E-state index is 11.0. The number of hydrogen-bond donors (Lipinski definition) is 0.